The molecule has 0 aliphatic rings. The predicted molar refractivity (Wildman–Crippen MR) is 75.4 cm³/mol. The number of halogens is 1. The molecule has 22 heavy (non-hydrogen) atoms. The molecule has 3 heterocycles. The van der Waals surface area contributed by atoms with Gasteiger partial charge in [0.15, 0.2) is 11.5 Å². The number of aromatic amines is 1. The van der Waals surface area contributed by atoms with Crippen molar-refractivity contribution in [1.29, 1.82) is 0 Å². The Labute approximate surface area is 122 Å². The van der Waals surface area contributed by atoms with Crippen molar-refractivity contribution in [2.24, 2.45) is 0 Å². The third-order valence-electron chi connectivity index (χ3n) is 3.35. The second kappa shape index (κ2) is 4.35. The fourth-order valence-corrected chi connectivity index (χ4v) is 2.33. The maximum atomic E-state index is 13.2. The minimum Gasteiger partial charge on any atom is -0.478 e. The number of nitrogens with zero attached hydrogens (tertiary/aromatic N) is 4. The van der Waals surface area contributed by atoms with E-state index in [1.54, 1.807) is 6.07 Å². The minimum atomic E-state index is -1.09. The molecule has 0 saturated heterocycles. The summed E-state index contributed by atoms with van der Waals surface area (Å²) in [4.78, 5) is 22.4. The lowest BCUT2D eigenvalue weighted by atomic mass is 10.2. The first-order chi connectivity index (χ1) is 10.6. The van der Waals surface area contributed by atoms with E-state index >= 15 is 0 Å². The van der Waals surface area contributed by atoms with Gasteiger partial charge in [-0.1, -0.05) is 0 Å². The summed E-state index contributed by atoms with van der Waals surface area (Å²) in [5, 5.41) is 13.9. The average Bonchev–Trinajstić information content (AvgIpc) is 3.09. The summed E-state index contributed by atoms with van der Waals surface area (Å²) in [6, 6.07) is 4.27. The van der Waals surface area contributed by atoms with Crippen LogP contribution in [0.15, 0.2) is 36.8 Å². The Hall–Kier alpha value is -3.29. The number of hydrogen-bond donors (Lipinski definition) is 2. The van der Waals surface area contributed by atoms with Crippen LogP contribution in [0.5, 0.6) is 0 Å². The molecule has 0 amide bonds. The molecule has 8 heteroatoms. The molecule has 0 radical (unpaired) electrons. The van der Waals surface area contributed by atoms with Gasteiger partial charge < -0.3 is 10.1 Å². The molecule has 1 aromatic carbocycles. The number of hydrogen-bond acceptors (Lipinski definition) is 4. The summed E-state index contributed by atoms with van der Waals surface area (Å²) in [6.07, 6.45) is 4.33. The van der Waals surface area contributed by atoms with Gasteiger partial charge in [-0.05, 0) is 18.2 Å². The maximum absolute atomic E-state index is 13.2. The molecule has 108 valence electrons. The van der Waals surface area contributed by atoms with Crippen LogP contribution in [0.3, 0.4) is 0 Å². The van der Waals surface area contributed by atoms with Crippen molar-refractivity contribution in [2.75, 3.05) is 0 Å². The van der Waals surface area contributed by atoms with E-state index in [2.05, 4.69) is 20.1 Å². The molecule has 0 unspecified atom stereocenters. The lowest BCUT2D eigenvalue weighted by molar-refractivity contribution is 0.0699. The van der Waals surface area contributed by atoms with Gasteiger partial charge in [0.05, 0.1) is 17.9 Å². The number of rotatable bonds is 2. The fourth-order valence-electron chi connectivity index (χ4n) is 2.33. The van der Waals surface area contributed by atoms with E-state index in [1.807, 2.05) is 0 Å². The second-order valence-corrected chi connectivity index (χ2v) is 4.69. The van der Waals surface area contributed by atoms with Crippen molar-refractivity contribution in [1.82, 2.24) is 24.7 Å². The van der Waals surface area contributed by atoms with Crippen LogP contribution in [0.4, 0.5) is 4.39 Å². The Balaban J connectivity index is 1.96. The Kier molecular flexibility index (Phi) is 2.46. The van der Waals surface area contributed by atoms with Crippen molar-refractivity contribution < 1.29 is 14.3 Å². The molecular weight excluding hydrogens is 289 g/mol. The molecule has 0 aliphatic carbocycles. The van der Waals surface area contributed by atoms with Gasteiger partial charge in [0.2, 0.25) is 0 Å². The Morgan fingerprint density at radius 2 is 2.18 bits per heavy atom. The normalized spacial score (nSPS) is 11.3. The third-order valence-corrected chi connectivity index (χ3v) is 3.35. The van der Waals surface area contributed by atoms with Crippen LogP contribution in [0.25, 0.3) is 27.9 Å². The van der Waals surface area contributed by atoms with Gasteiger partial charge >= 0.3 is 5.97 Å². The van der Waals surface area contributed by atoms with Gasteiger partial charge in [0, 0.05) is 11.6 Å². The van der Waals surface area contributed by atoms with E-state index in [0.717, 1.165) is 0 Å². The van der Waals surface area contributed by atoms with E-state index in [-0.39, 0.29) is 16.9 Å². The second-order valence-electron chi connectivity index (χ2n) is 4.69. The van der Waals surface area contributed by atoms with Crippen LogP contribution >= 0.6 is 0 Å². The zero-order chi connectivity index (χ0) is 15.3. The highest BCUT2D eigenvalue weighted by atomic mass is 19.1. The van der Waals surface area contributed by atoms with Gasteiger partial charge in [-0.15, -0.1) is 0 Å². The summed E-state index contributed by atoms with van der Waals surface area (Å²) < 4.78 is 14.7. The summed E-state index contributed by atoms with van der Waals surface area (Å²) in [5.41, 5.74) is 1.31. The molecule has 0 bridgehead atoms. The Morgan fingerprint density at radius 3 is 3.00 bits per heavy atom. The first kappa shape index (κ1) is 12.5. The Bertz CT molecular complexity index is 1040. The molecule has 4 aromatic rings. The van der Waals surface area contributed by atoms with Crippen LogP contribution in [0, 0.1) is 5.82 Å². The number of nitrogens with one attached hydrogen (secondary N) is 1. The van der Waals surface area contributed by atoms with E-state index in [4.69, 9.17) is 5.11 Å². The summed E-state index contributed by atoms with van der Waals surface area (Å²) in [5.74, 6) is -1.09. The molecule has 2 N–H and O–H groups in total. The minimum absolute atomic E-state index is 0.0341. The predicted octanol–water partition coefficient (Wildman–Crippen LogP) is 2.13. The lowest BCUT2D eigenvalue weighted by Gasteiger charge is -2.02. The van der Waals surface area contributed by atoms with Gasteiger partial charge in [-0.2, -0.15) is 5.10 Å². The number of H-pyrrole nitrogens is 1. The zero-order valence-corrected chi connectivity index (χ0v) is 11.0. The van der Waals surface area contributed by atoms with Crippen molar-refractivity contribution in [3.63, 3.8) is 0 Å². The molecule has 0 aliphatic heterocycles. The average molecular weight is 297 g/mol. The lowest BCUT2D eigenvalue weighted by Crippen LogP contribution is -2.02. The first-order valence-electron chi connectivity index (χ1n) is 6.34. The number of benzene rings is 1. The summed E-state index contributed by atoms with van der Waals surface area (Å²) in [7, 11) is 0. The third kappa shape index (κ3) is 1.74. The van der Waals surface area contributed by atoms with E-state index in [9.17, 15) is 9.18 Å². The molecular formula is C14H8FN5O2. The van der Waals surface area contributed by atoms with Gasteiger partial charge in [0.1, 0.15) is 16.9 Å². The van der Waals surface area contributed by atoms with Crippen molar-refractivity contribution in [3.05, 3.63) is 48.2 Å². The van der Waals surface area contributed by atoms with Gasteiger partial charge in [-0.25, -0.2) is 23.8 Å². The van der Waals surface area contributed by atoms with Crippen LogP contribution in [0.2, 0.25) is 0 Å². The first-order valence-corrected chi connectivity index (χ1v) is 6.34. The van der Waals surface area contributed by atoms with Crippen LogP contribution < -0.4 is 0 Å². The number of fused-ring (bicyclic) bond motifs is 2. The van der Waals surface area contributed by atoms with E-state index < -0.39 is 5.97 Å². The Morgan fingerprint density at radius 1 is 1.32 bits per heavy atom. The van der Waals surface area contributed by atoms with Gasteiger partial charge in [-0.3, -0.25) is 0 Å². The number of carboxylic acid groups (broad SMARTS) is 1. The number of aromatic carboxylic acids is 1. The molecule has 0 fully saturated rings. The van der Waals surface area contributed by atoms with Crippen LogP contribution in [0.1, 0.15) is 10.4 Å². The topological polar surface area (TPSA) is 96.7 Å². The van der Waals surface area contributed by atoms with Crippen molar-refractivity contribution in [2.45, 2.75) is 0 Å². The molecule has 0 saturated carbocycles. The van der Waals surface area contributed by atoms with Gasteiger partial charge in [0.25, 0.3) is 0 Å². The van der Waals surface area contributed by atoms with Crippen LogP contribution in [-0.4, -0.2) is 35.8 Å². The molecule has 7 nitrogen and oxygen atoms in total. The number of carbonyl (C=O) groups is 1. The van der Waals surface area contributed by atoms with E-state index in [1.165, 1.54) is 35.4 Å². The monoisotopic (exact) mass is 297 g/mol. The van der Waals surface area contributed by atoms with E-state index in [0.29, 0.717) is 22.4 Å². The molecule has 4 rings (SSSR count). The highest BCUT2D eigenvalue weighted by Gasteiger charge is 2.15. The quantitative estimate of drug-likeness (QED) is 0.591. The van der Waals surface area contributed by atoms with Crippen LogP contribution in [-0.2, 0) is 0 Å². The SMILES string of the molecule is O=C(O)c1c[nH]c2ncc(-n3ncc4cc(F)ccc43)nc12. The standard InChI is InChI=1S/C14H8FN5O2/c15-8-1-2-10-7(3-8)4-18-20(10)11-6-17-13-12(19-11)9(5-16-13)14(21)22/h1-6H,(H,16,17)(H,21,22). The molecule has 0 atom stereocenters. The van der Waals surface area contributed by atoms with Crippen molar-refractivity contribution >= 4 is 28.0 Å². The maximum Gasteiger partial charge on any atom is 0.339 e. The zero-order valence-electron chi connectivity index (χ0n) is 11.0. The molecule has 0 spiro atoms. The fraction of sp³-hybridized carbons (Fsp3) is 0. The summed E-state index contributed by atoms with van der Waals surface area (Å²) >= 11 is 0. The number of aromatic nitrogens is 5. The number of carboxylic acids is 1. The highest BCUT2D eigenvalue weighted by molar-refractivity contribution is 6.00. The molecule has 3 aromatic heterocycles. The van der Waals surface area contributed by atoms with Crippen molar-refractivity contribution in [3.8, 4) is 5.82 Å². The highest BCUT2D eigenvalue weighted by Crippen LogP contribution is 2.20. The summed E-state index contributed by atoms with van der Waals surface area (Å²) in [6.45, 7) is 0. The smallest absolute Gasteiger partial charge is 0.339 e. The largest absolute Gasteiger partial charge is 0.478 e.